The van der Waals surface area contributed by atoms with Crippen LogP contribution >= 0.6 is 11.6 Å². The van der Waals surface area contributed by atoms with Gasteiger partial charge in [-0.05, 0) is 42.5 Å². The van der Waals surface area contributed by atoms with Gasteiger partial charge in [0, 0.05) is 16.6 Å². The van der Waals surface area contributed by atoms with Gasteiger partial charge in [-0.2, -0.15) is 0 Å². The molecular formula is C25H26ClNO3. The van der Waals surface area contributed by atoms with Gasteiger partial charge in [-0.3, -0.25) is 9.59 Å². The highest BCUT2D eigenvalue weighted by atomic mass is 35.5. The molecule has 1 N–H and O–H groups in total. The van der Waals surface area contributed by atoms with E-state index >= 15 is 0 Å². The fourth-order valence-corrected chi connectivity index (χ4v) is 4.83. The van der Waals surface area contributed by atoms with Crippen LogP contribution in [0, 0.1) is 0 Å². The van der Waals surface area contributed by atoms with Gasteiger partial charge >= 0.3 is 0 Å². The molecule has 0 spiro atoms. The van der Waals surface area contributed by atoms with E-state index in [4.69, 9.17) is 11.6 Å². The van der Waals surface area contributed by atoms with E-state index in [0.29, 0.717) is 10.6 Å². The van der Waals surface area contributed by atoms with E-state index < -0.39 is 17.7 Å². The smallest absolute Gasteiger partial charge is 0.295 e. The van der Waals surface area contributed by atoms with Crippen LogP contribution in [0.15, 0.2) is 54.1 Å². The van der Waals surface area contributed by atoms with Gasteiger partial charge in [0.1, 0.15) is 5.76 Å². The van der Waals surface area contributed by atoms with Crippen LogP contribution in [0.25, 0.3) is 5.76 Å². The molecule has 1 unspecified atom stereocenters. The highest BCUT2D eigenvalue weighted by Crippen LogP contribution is 2.43. The Morgan fingerprint density at radius 2 is 1.77 bits per heavy atom. The molecular weight excluding hydrogens is 398 g/mol. The number of amides is 1. The van der Waals surface area contributed by atoms with Crippen molar-refractivity contribution in [1.82, 2.24) is 4.90 Å². The number of nitrogens with zero attached hydrogens (tertiary/aromatic N) is 1. The number of benzene rings is 2. The van der Waals surface area contributed by atoms with Gasteiger partial charge in [0.25, 0.3) is 11.7 Å². The summed E-state index contributed by atoms with van der Waals surface area (Å²) < 4.78 is 0. The molecule has 1 aliphatic heterocycles. The van der Waals surface area contributed by atoms with Crippen molar-refractivity contribution in [3.63, 3.8) is 0 Å². The fourth-order valence-electron chi connectivity index (χ4n) is 4.64. The summed E-state index contributed by atoms with van der Waals surface area (Å²) in [6, 6.07) is 14.2. The Morgan fingerprint density at radius 1 is 1.07 bits per heavy atom. The van der Waals surface area contributed by atoms with Crippen molar-refractivity contribution in [3.05, 3.63) is 75.8 Å². The minimum absolute atomic E-state index is 0.00992. The Morgan fingerprint density at radius 3 is 2.40 bits per heavy atom. The quantitative estimate of drug-likeness (QED) is 0.392. The first kappa shape index (κ1) is 20.7. The summed E-state index contributed by atoms with van der Waals surface area (Å²) in [6.45, 7) is 2.09. The minimum atomic E-state index is -0.623. The third-order valence-corrected chi connectivity index (χ3v) is 6.49. The first-order valence-electron chi connectivity index (χ1n) is 10.7. The molecule has 2 fully saturated rings. The van der Waals surface area contributed by atoms with Crippen molar-refractivity contribution in [2.24, 2.45) is 0 Å². The van der Waals surface area contributed by atoms with E-state index in [1.807, 2.05) is 24.3 Å². The lowest BCUT2D eigenvalue weighted by Gasteiger charge is -2.35. The van der Waals surface area contributed by atoms with Crippen LogP contribution in [-0.4, -0.2) is 27.7 Å². The van der Waals surface area contributed by atoms with Crippen molar-refractivity contribution >= 4 is 29.1 Å². The largest absolute Gasteiger partial charge is 0.507 e. The number of rotatable bonds is 4. The first-order chi connectivity index (χ1) is 14.5. The average molecular weight is 424 g/mol. The highest BCUT2D eigenvalue weighted by Gasteiger charge is 2.48. The topological polar surface area (TPSA) is 57.6 Å². The Bertz CT molecular complexity index is 990. The Labute approximate surface area is 182 Å². The molecule has 0 aromatic heterocycles. The van der Waals surface area contributed by atoms with Gasteiger partial charge in [-0.1, -0.05) is 74.2 Å². The standard InChI is InChI=1S/C25H26ClNO3/c1-2-16-11-13-17(14-12-16)22-21(23(28)18-7-6-8-19(26)15-18)24(29)25(30)27(22)20-9-4-3-5-10-20/h6-8,11-15,20,22,28H,2-5,9-10H2,1H3/b23-21-. The number of ketones is 1. The van der Waals surface area contributed by atoms with E-state index in [9.17, 15) is 14.7 Å². The van der Waals surface area contributed by atoms with Gasteiger partial charge in [0.2, 0.25) is 0 Å². The molecule has 1 aliphatic carbocycles. The highest BCUT2D eigenvalue weighted by molar-refractivity contribution is 6.46. The summed E-state index contributed by atoms with van der Waals surface area (Å²) >= 11 is 6.10. The molecule has 1 saturated heterocycles. The first-order valence-corrected chi connectivity index (χ1v) is 11.0. The lowest BCUT2D eigenvalue weighted by Crippen LogP contribution is -2.40. The van der Waals surface area contributed by atoms with Crippen LogP contribution < -0.4 is 0 Å². The van der Waals surface area contributed by atoms with Gasteiger partial charge in [0.05, 0.1) is 11.6 Å². The summed E-state index contributed by atoms with van der Waals surface area (Å²) in [5.74, 6) is -1.31. The second kappa shape index (κ2) is 8.65. The Balaban J connectivity index is 1.86. The average Bonchev–Trinajstić information content (AvgIpc) is 3.04. The number of carbonyl (C=O) groups excluding carboxylic acids is 2. The maximum Gasteiger partial charge on any atom is 0.295 e. The molecule has 5 heteroatoms. The molecule has 0 bridgehead atoms. The number of aliphatic hydroxyl groups is 1. The summed E-state index contributed by atoms with van der Waals surface area (Å²) in [7, 11) is 0. The summed E-state index contributed by atoms with van der Waals surface area (Å²) in [4.78, 5) is 28.0. The predicted octanol–water partition coefficient (Wildman–Crippen LogP) is 5.66. The summed E-state index contributed by atoms with van der Waals surface area (Å²) in [5, 5.41) is 11.6. The molecule has 4 nitrogen and oxygen atoms in total. The number of carbonyl (C=O) groups is 2. The minimum Gasteiger partial charge on any atom is -0.507 e. The number of hydrogen-bond acceptors (Lipinski definition) is 3. The van der Waals surface area contributed by atoms with Crippen LogP contribution in [0.2, 0.25) is 5.02 Å². The molecule has 30 heavy (non-hydrogen) atoms. The molecule has 1 saturated carbocycles. The lowest BCUT2D eigenvalue weighted by molar-refractivity contribution is -0.141. The number of aryl methyl sites for hydroxylation is 1. The normalized spacial score (nSPS) is 21.9. The predicted molar refractivity (Wildman–Crippen MR) is 118 cm³/mol. The molecule has 4 rings (SSSR count). The van der Waals surface area contributed by atoms with Crippen LogP contribution in [-0.2, 0) is 16.0 Å². The third-order valence-electron chi connectivity index (χ3n) is 6.25. The van der Waals surface area contributed by atoms with E-state index in [2.05, 4.69) is 6.92 Å². The number of halogens is 1. The number of aliphatic hydroxyl groups excluding tert-OH is 1. The molecule has 1 atom stereocenters. The Hall–Kier alpha value is -2.59. The lowest BCUT2D eigenvalue weighted by atomic mass is 9.90. The maximum absolute atomic E-state index is 13.1. The van der Waals surface area contributed by atoms with Gasteiger partial charge in [-0.15, -0.1) is 0 Å². The van der Waals surface area contributed by atoms with Gasteiger partial charge in [-0.25, -0.2) is 0 Å². The molecule has 1 heterocycles. The summed E-state index contributed by atoms with van der Waals surface area (Å²) in [6.07, 6.45) is 5.92. The van der Waals surface area contributed by atoms with E-state index in [1.165, 1.54) is 5.56 Å². The second-order valence-electron chi connectivity index (χ2n) is 8.10. The van der Waals surface area contributed by atoms with Crippen LogP contribution in [0.5, 0.6) is 0 Å². The monoisotopic (exact) mass is 423 g/mol. The van der Waals surface area contributed by atoms with Gasteiger partial charge < -0.3 is 10.0 Å². The summed E-state index contributed by atoms with van der Waals surface area (Å²) in [5.41, 5.74) is 2.63. The van der Waals surface area contributed by atoms with Crippen LogP contribution in [0.3, 0.4) is 0 Å². The zero-order valence-electron chi connectivity index (χ0n) is 17.1. The second-order valence-corrected chi connectivity index (χ2v) is 8.54. The SMILES string of the molecule is CCc1ccc(C2/C(=C(/O)c3cccc(Cl)c3)C(=O)C(=O)N2C2CCCCC2)cc1. The molecule has 2 aromatic rings. The zero-order chi connectivity index (χ0) is 21.3. The number of hydrogen-bond donors (Lipinski definition) is 1. The van der Waals surface area contributed by atoms with Crippen molar-refractivity contribution in [3.8, 4) is 0 Å². The molecule has 1 amide bonds. The van der Waals surface area contributed by atoms with E-state index in [1.54, 1.807) is 29.2 Å². The van der Waals surface area contributed by atoms with E-state index in [-0.39, 0.29) is 17.4 Å². The van der Waals surface area contributed by atoms with Crippen LogP contribution in [0.1, 0.15) is 61.8 Å². The van der Waals surface area contributed by atoms with Crippen molar-refractivity contribution in [2.45, 2.75) is 57.5 Å². The van der Waals surface area contributed by atoms with Crippen molar-refractivity contribution < 1.29 is 14.7 Å². The molecule has 0 radical (unpaired) electrons. The van der Waals surface area contributed by atoms with Crippen LogP contribution in [0.4, 0.5) is 0 Å². The molecule has 2 aromatic carbocycles. The van der Waals surface area contributed by atoms with Gasteiger partial charge in [0.15, 0.2) is 0 Å². The molecule has 2 aliphatic rings. The van der Waals surface area contributed by atoms with E-state index in [0.717, 1.165) is 44.1 Å². The Kier molecular flexibility index (Phi) is 5.96. The molecule has 156 valence electrons. The van der Waals surface area contributed by atoms with Crippen molar-refractivity contribution in [1.29, 1.82) is 0 Å². The zero-order valence-corrected chi connectivity index (χ0v) is 17.9. The number of likely N-dealkylation sites (tertiary alicyclic amines) is 1. The van der Waals surface area contributed by atoms with Crippen molar-refractivity contribution in [2.75, 3.05) is 0 Å². The fraction of sp³-hybridized carbons (Fsp3) is 0.360. The maximum atomic E-state index is 13.1. The third kappa shape index (κ3) is 3.77. The number of Topliss-reactive ketones (excluding diaryl/α,β-unsaturated/α-hetero) is 1.